The summed E-state index contributed by atoms with van der Waals surface area (Å²) in [6, 6.07) is 9.93. The number of nitrogens with zero attached hydrogens (tertiary/aromatic N) is 1. The molecule has 0 spiro atoms. The largest absolute Gasteiger partial charge is 0.385 e. The van der Waals surface area contributed by atoms with Crippen molar-refractivity contribution in [2.45, 2.75) is 13.3 Å². The van der Waals surface area contributed by atoms with Crippen molar-refractivity contribution >= 4 is 17.4 Å². The number of aromatic nitrogens is 2. The monoisotopic (exact) mass is 272 g/mol. The smallest absolute Gasteiger partial charge is 0.264 e. The zero-order valence-corrected chi connectivity index (χ0v) is 11.1. The highest BCUT2D eigenvalue weighted by molar-refractivity contribution is 6.03. The molecule has 0 radical (unpaired) electrons. The summed E-state index contributed by atoms with van der Waals surface area (Å²) in [6.07, 6.45) is 1.04. The fourth-order valence-electron chi connectivity index (χ4n) is 1.61. The molecule has 1 amide bonds. The standard InChI is InChI=1S/C14H16N4O2/c1-2-9-15-11-5-3-10(4-6-11)14(20)16-12-7-8-13(19)18-17-12/h3-8,15H,2,9H2,1H3,(H,18,19)(H,16,17,20). The molecule has 1 aromatic carbocycles. The molecule has 0 atom stereocenters. The lowest BCUT2D eigenvalue weighted by atomic mass is 10.2. The minimum Gasteiger partial charge on any atom is -0.385 e. The SMILES string of the molecule is CCCNc1ccc(C(=O)Nc2ccc(=O)[nH]n2)cc1. The molecule has 104 valence electrons. The van der Waals surface area contributed by atoms with E-state index in [1.807, 2.05) is 12.1 Å². The number of H-pyrrole nitrogens is 1. The van der Waals surface area contributed by atoms with Gasteiger partial charge in [-0.15, -0.1) is 0 Å². The van der Waals surface area contributed by atoms with Gasteiger partial charge in [0.1, 0.15) is 0 Å². The third kappa shape index (κ3) is 3.68. The Labute approximate surface area is 116 Å². The highest BCUT2D eigenvalue weighted by atomic mass is 16.2. The molecule has 1 aromatic heterocycles. The molecule has 2 rings (SSSR count). The summed E-state index contributed by atoms with van der Waals surface area (Å²) in [7, 11) is 0. The first-order chi connectivity index (χ1) is 9.69. The third-order valence-corrected chi connectivity index (χ3v) is 2.65. The van der Waals surface area contributed by atoms with Crippen LogP contribution in [0, 0.1) is 0 Å². The molecule has 0 aliphatic carbocycles. The van der Waals surface area contributed by atoms with Gasteiger partial charge in [-0.2, -0.15) is 5.10 Å². The molecule has 0 saturated carbocycles. The molecular weight excluding hydrogens is 256 g/mol. The lowest BCUT2D eigenvalue weighted by Crippen LogP contribution is -2.15. The minimum absolute atomic E-state index is 0.272. The number of aromatic amines is 1. The van der Waals surface area contributed by atoms with E-state index in [-0.39, 0.29) is 11.5 Å². The molecule has 0 unspecified atom stereocenters. The summed E-state index contributed by atoms with van der Waals surface area (Å²) in [4.78, 5) is 22.8. The Balaban J connectivity index is 2.01. The minimum atomic E-state index is -0.311. The summed E-state index contributed by atoms with van der Waals surface area (Å²) in [5.74, 6) is 0.0365. The number of anilines is 2. The van der Waals surface area contributed by atoms with Crippen molar-refractivity contribution in [2.75, 3.05) is 17.2 Å². The quantitative estimate of drug-likeness (QED) is 0.775. The number of benzene rings is 1. The summed E-state index contributed by atoms with van der Waals surface area (Å²) in [5, 5.41) is 11.8. The van der Waals surface area contributed by atoms with Gasteiger partial charge in [-0.1, -0.05) is 6.92 Å². The molecule has 0 bridgehead atoms. The van der Waals surface area contributed by atoms with Crippen LogP contribution in [0.5, 0.6) is 0 Å². The van der Waals surface area contributed by atoms with Gasteiger partial charge in [0, 0.05) is 23.9 Å². The molecular formula is C14H16N4O2. The number of carbonyl (C=O) groups excluding carboxylic acids is 1. The molecule has 0 fully saturated rings. The van der Waals surface area contributed by atoms with Crippen LogP contribution in [0.15, 0.2) is 41.2 Å². The number of amides is 1. The van der Waals surface area contributed by atoms with Gasteiger partial charge in [-0.05, 0) is 36.8 Å². The normalized spacial score (nSPS) is 10.1. The maximum Gasteiger partial charge on any atom is 0.264 e. The third-order valence-electron chi connectivity index (χ3n) is 2.65. The Morgan fingerprint density at radius 2 is 1.95 bits per heavy atom. The average Bonchev–Trinajstić information content (AvgIpc) is 2.48. The Kier molecular flexibility index (Phi) is 4.49. The fraction of sp³-hybridized carbons (Fsp3) is 0.214. The summed E-state index contributed by atoms with van der Waals surface area (Å²) >= 11 is 0. The maximum absolute atomic E-state index is 12.0. The first-order valence-corrected chi connectivity index (χ1v) is 6.40. The van der Waals surface area contributed by atoms with E-state index in [0.29, 0.717) is 11.4 Å². The zero-order valence-electron chi connectivity index (χ0n) is 11.1. The van der Waals surface area contributed by atoms with Gasteiger partial charge >= 0.3 is 0 Å². The molecule has 6 heteroatoms. The van der Waals surface area contributed by atoms with Gasteiger partial charge in [-0.3, -0.25) is 9.59 Å². The Bertz CT molecular complexity index is 614. The van der Waals surface area contributed by atoms with E-state index in [4.69, 9.17) is 0 Å². The number of hydrogen-bond donors (Lipinski definition) is 3. The fourth-order valence-corrected chi connectivity index (χ4v) is 1.61. The van der Waals surface area contributed by atoms with Crippen LogP contribution in [0.1, 0.15) is 23.7 Å². The van der Waals surface area contributed by atoms with E-state index in [2.05, 4.69) is 27.8 Å². The van der Waals surface area contributed by atoms with E-state index in [1.165, 1.54) is 12.1 Å². The lowest BCUT2D eigenvalue weighted by molar-refractivity contribution is 0.102. The summed E-state index contributed by atoms with van der Waals surface area (Å²) in [5.41, 5.74) is 1.19. The number of rotatable bonds is 5. The van der Waals surface area contributed by atoms with Crippen molar-refractivity contribution in [2.24, 2.45) is 0 Å². The Morgan fingerprint density at radius 3 is 2.55 bits per heavy atom. The van der Waals surface area contributed by atoms with Gasteiger partial charge in [0.2, 0.25) is 0 Å². The van der Waals surface area contributed by atoms with Crippen molar-refractivity contribution in [3.63, 3.8) is 0 Å². The highest BCUT2D eigenvalue weighted by Crippen LogP contribution is 2.11. The van der Waals surface area contributed by atoms with Gasteiger partial charge in [-0.25, -0.2) is 5.10 Å². The van der Waals surface area contributed by atoms with Crippen LogP contribution < -0.4 is 16.2 Å². The first kappa shape index (κ1) is 13.8. The molecule has 0 aliphatic heterocycles. The molecule has 3 N–H and O–H groups in total. The zero-order chi connectivity index (χ0) is 14.4. The lowest BCUT2D eigenvalue weighted by Gasteiger charge is -2.06. The topological polar surface area (TPSA) is 86.9 Å². The van der Waals surface area contributed by atoms with Crippen molar-refractivity contribution in [3.8, 4) is 0 Å². The van der Waals surface area contributed by atoms with Gasteiger partial charge in [0.25, 0.3) is 11.5 Å². The van der Waals surface area contributed by atoms with Crippen LogP contribution >= 0.6 is 0 Å². The van der Waals surface area contributed by atoms with Crippen LogP contribution in [0.3, 0.4) is 0 Å². The van der Waals surface area contributed by atoms with E-state index in [0.717, 1.165) is 18.7 Å². The number of carbonyl (C=O) groups is 1. The molecule has 2 aromatic rings. The average molecular weight is 272 g/mol. The molecule has 6 nitrogen and oxygen atoms in total. The number of hydrogen-bond acceptors (Lipinski definition) is 4. The van der Waals surface area contributed by atoms with E-state index in [1.54, 1.807) is 12.1 Å². The van der Waals surface area contributed by atoms with Crippen molar-refractivity contribution in [1.29, 1.82) is 0 Å². The predicted molar refractivity (Wildman–Crippen MR) is 78.0 cm³/mol. The van der Waals surface area contributed by atoms with E-state index < -0.39 is 0 Å². The van der Waals surface area contributed by atoms with Crippen molar-refractivity contribution in [1.82, 2.24) is 10.2 Å². The second kappa shape index (κ2) is 6.51. The molecule has 1 heterocycles. The molecule has 0 aliphatic rings. The summed E-state index contributed by atoms with van der Waals surface area (Å²) < 4.78 is 0. The van der Waals surface area contributed by atoms with E-state index >= 15 is 0 Å². The maximum atomic E-state index is 12.0. The van der Waals surface area contributed by atoms with Gasteiger partial charge in [0.05, 0.1) is 0 Å². The first-order valence-electron chi connectivity index (χ1n) is 6.40. The van der Waals surface area contributed by atoms with Gasteiger partial charge < -0.3 is 10.6 Å². The van der Waals surface area contributed by atoms with Crippen LogP contribution in [-0.2, 0) is 0 Å². The Morgan fingerprint density at radius 1 is 1.20 bits per heavy atom. The second-order valence-corrected chi connectivity index (χ2v) is 4.26. The van der Waals surface area contributed by atoms with Crippen LogP contribution in [0.4, 0.5) is 11.5 Å². The van der Waals surface area contributed by atoms with Crippen LogP contribution in [0.2, 0.25) is 0 Å². The van der Waals surface area contributed by atoms with Crippen molar-refractivity contribution in [3.05, 3.63) is 52.3 Å². The van der Waals surface area contributed by atoms with Crippen LogP contribution in [0.25, 0.3) is 0 Å². The second-order valence-electron chi connectivity index (χ2n) is 4.26. The Hall–Kier alpha value is -2.63. The molecule has 0 saturated heterocycles. The predicted octanol–water partition coefficient (Wildman–Crippen LogP) is 1.84. The summed E-state index contributed by atoms with van der Waals surface area (Å²) in [6.45, 7) is 2.98. The van der Waals surface area contributed by atoms with E-state index in [9.17, 15) is 9.59 Å². The van der Waals surface area contributed by atoms with Crippen molar-refractivity contribution < 1.29 is 4.79 Å². The highest BCUT2D eigenvalue weighted by Gasteiger charge is 2.06. The molecule has 20 heavy (non-hydrogen) atoms. The number of nitrogens with one attached hydrogen (secondary N) is 3. The van der Waals surface area contributed by atoms with Gasteiger partial charge in [0.15, 0.2) is 5.82 Å². The van der Waals surface area contributed by atoms with Crippen LogP contribution in [-0.4, -0.2) is 22.6 Å².